The number of nitrogens with zero attached hydrogens (tertiary/aromatic N) is 1. The number of carbonyl (C=O) groups is 1. The highest BCUT2D eigenvalue weighted by molar-refractivity contribution is 8.26. The SMILES string of the molecule is CCOc1cc(C=C2SC(=S)N(CC)C2=O)cc(Cl)c1OCCCOc1ccc(CC)cc1. The summed E-state index contributed by atoms with van der Waals surface area (Å²) in [6.07, 6.45) is 3.48. The van der Waals surface area contributed by atoms with Gasteiger partial charge in [0.1, 0.15) is 10.1 Å². The van der Waals surface area contributed by atoms with Crippen LogP contribution in [0.15, 0.2) is 41.3 Å². The van der Waals surface area contributed by atoms with Crippen molar-refractivity contribution < 1.29 is 19.0 Å². The van der Waals surface area contributed by atoms with Gasteiger partial charge in [-0.2, -0.15) is 0 Å². The monoisotopic (exact) mass is 505 g/mol. The van der Waals surface area contributed by atoms with Gasteiger partial charge in [0.05, 0.1) is 29.7 Å². The van der Waals surface area contributed by atoms with E-state index in [4.69, 9.17) is 38.0 Å². The quantitative estimate of drug-likeness (QED) is 0.201. The number of hydrogen-bond acceptors (Lipinski definition) is 6. The molecule has 2 aromatic rings. The molecule has 1 aliphatic heterocycles. The van der Waals surface area contributed by atoms with Gasteiger partial charge in [-0.15, -0.1) is 0 Å². The number of amides is 1. The van der Waals surface area contributed by atoms with Crippen LogP contribution in [0.4, 0.5) is 0 Å². The van der Waals surface area contributed by atoms with Crippen LogP contribution in [0.5, 0.6) is 17.2 Å². The van der Waals surface area contributed by atoms with E-state index in [1.165, 1.54) is 17.3 Å². The number of thiocarbonyl (C=S) groups is 1. The lowest BCUT2D eigenvalue weighted by atomic mass is 10.1. The second-order valence-corrected chi connectivity index (χ2v) is 9.32. The van der Waals surface area contributed by atoms with Crippen molar-refractivity contribution in [2.45, 2.75) is 33.6 Å². The lowest BCUT2D eigenvalue weighted by Gasteiger charge is -2.15. The predicted molar refractivity (Wildman–Crippen MR) is 140 cm³/mol. The van der Waals surface area contributed by atoms with Crippen LogP contribution in [0.1, 0.15) is 38.3 Å². The first-order valence-electron chi connectivity index (χ1n) is 11.0. The topological polar surface area (TPSA) is 48.0 Å². The summed E-state index contributed by atoms with van der Waals surface area (Å²) in [4.78, 5) is 14.6. The average Bonchev–Trinajstić information content (AvgIpc) is 3.07. The van der Waals surface area contributed by atoms with Gasteiger partial charge in [-0.05, 0) is 61.7 Å². The summed E-state index contributed by atoms with van der Waals surface area (Å²) >= 11 is 13.1. The highest BCUT2D eigenvalue weighted by Gasteiger charge is 2.30. The number of likely N-dealkylation sites (N-methyl/N-ethyl adjacent to an activating group) is 1. The van der Waals surface area contributed by atoms with Crippen LogP contribution in [0.25, 0.3) is 6.08 Å². The van der Waals surface area contributed by atoms with E-state index >= 15 is 0 Å². The molecule has 8 heteroatoms. The normalized spacial score (nSPS) is 14.8. The summed E-state index contributed by atoms with van der Waals surface area (Å²) in [7, 11) is 0. The van der Waals surface area contributed by atoms with Gasteiger partial charge in [0.2, 0.25) is 0 Å². The Morgan fingerprint density at radius 1 is 1.06 bits per heavy atom. The van der Waals surface area contributed by atoms with Gasteiger partial charge in [0.25, 0.3) is 5.91 Å². The fraction of sp³-hybridized carbons (Fsp3) is 0.360. The fourth-order valence-electron chi connectivity index (χ4n) is 3.24. The molecule has 1 amide bonds. The van der Waals surface area contributed by atoms with E-state index in [1.54, 1.807) is 17.0 Å². The summed E-state index contributed by atoms with van der Waals surface area (Å²) < 4.78 is 18.0. The van der Waals surface area contributed by atoms with Crippen molar-refractivity contribution in [2.24, 2.45) is 0 Å². The Bertz CT molecular complexity index is 1020. The molecule has 0 saturated carbocycles. The number of halogens is 1. The number of thioether (sulfide) groups is 1. The number of rotatable bonds is 11. The third-order valence-corrected chi connectivity index (χ3v) is 6.61. The molecule has 0 radical (unpaired) electrons. The summed E-state index contributed by atoms with van der Waals surface area (Å²) in [5.74, 6) is 1.78. The lowest BCUT2D eigenvalue weighted by molar-refractivity contribution is -0.121. The van der Waals surface area contributed by atoms with Gasteiger partial charge in [0.15, 0.2) is 11.5 Å². The fourth-order valence-corrected chi connectivity index (χ4v) is 4.90. The molecular formula is C25H28ClNO4S2. The van der Waals surface area contributed by atoms with Crippen LogP contribution in [0.3, 0.4) is 0 Å². The van der Waals surface area contributed by atoms with E-state index in [0.29, 0.717) is 58.5 Å². The van der Waals surface area contributed by atoms with Crippen molar-refractivity contribution in [2.75, 3.05) is 26.4 Å². The molecule has 5 nitrogen and oxygen atoms in total. The van der Waals surface area contributed by atoms with Gasteiger partial charge in [-0.25, -0.2) is 0 Å². The first kappa shape index (κ1) is 25.4. The zero-order chi connectivity index (χ0) is 23.8. The van der Waals surface area contributed by atoms with Gasteiger partial charge < -0.3 is 14.2 Å². The average molecular weight is 506 g/mol. The number of benzene rings is 2. The standard InChI is InChI=1S/C25H28ClNO4S2/c1-4-17-8-10-19(11-9-17)30-12-7-13-31-23-20(26)14-18(15-21(23)29-6-3)16-22-24(28)27(5-2)25(32)33-22/h8-11,14-16H,4-7,12-13H2,1-3H3. The van der Waals surface area contributed by atoms with Crippen LogP contribution in [0, 0.1) is 0 Å². The first-order chi connectivity index (χ1) is 16.0. The molecule has 2 aromatic carbocycles. The summed E-state index contributed by atoms with van der Waals surface area (Å²) in [6.45, 7) is 7.90. The zero-order valence-corrected chi connectivity index (χ0v) is 21.4. The van der Waals surface area contributed by atoms with Crippen molar-refractivity contribution in [1.82, 2.24) is 4.90 Å². The molecule has 0 unspecified atom stereocenters. The molecule has 0 aliphatic carbocycles. The van der Waals surface area contributed by atoms with E-state index in [2.05, 4.69) is 19.1 Å². The molecule has 33 heavy (non-hydrogen) atoms. The number of ether oxygens (including phenoxy) is 3. The van der Waals surface area contributed by atoms with Crippen LogP contribution in [0.2, 0.25) is 5.02 Å². The second-order valence-electron chi connectivity index (χ2n) is 7.24. The predicted octanol–water partition coefficient (Wildman–Crippen LogP) is 6.37. The van der Waals surface area contributed by atoms with E-state index in [1.807, 2.05) is 32.0 Å². The summed E-state index contributed by atoms with van der Waals surface area (Å²) in [5, 5.41) is 0.425. The number of aryl methyl sites for hydroxylation is 1. The van der Waals surface area contributed by atoms with Gasteiger partial charge in [0, 0.05) is 13.0 Å². The molecule has 0 bridgehead atoms. The Morgan fingerprint density at radius 2 is 1.79 bits per heavy atom. The van der Waals surface area contributed by atoms with Crippen LogP contribution in [-0.2, 0) is 11.2 Å². The summed E-state index contributed by atoms with van der Waals surface area (Å²) in [6, 6.07) is 11.7. The molecular weight excluding hydrogens is 478 g/mol. The minimum atomic E-state index is -0.0914. The highest BCUT2D eigenvalue weighted by Crippen LogP contribution is 2.39. The van der Waals surface area contributed by atoms with E-state index in [9.17, 15) is 4.79 Å². The van der Waals surface area contributed by atoms with Gasteiger partial charge in [-0.3, -0.25) is 9.69 Å². The Hall–Kier alpha value is -2.22. The second kappa shape index (κ2) is 12.3. The van der Waals surface area contributed by atoms with Crippen molar-refractivity contribution in [3.63, 3.8) is 0 Å². The smallest absolute Gasteiger partial charge is 0.266 e. The third-order valence-electron chi connectivity index (χ3n) is 4.95. The molecule has 0 atom stereocenters. The molecule has 3 rings (SSSR count). The largest absolute Gasteiger partial charge is 0.493 e. The molecule has 0 aromatic heterocycles. The minimum Gasteiger partial charge on any atom is -0.493 e. The maximum atomic E-state index is 12.5. The van der Waals surface area contributed by atoms with Crippen molar-refractivity contribution in [1.29, 1.82) is 0 Å². The highest BCUT2D eigenvalue weighted by atomic mass is 35.5. The summed E-state index contributed by atoms with van der Waals surface area (Å²) in [5.41, 5.74) is 2.04. The van der Waals surface area contributed by atoms with E-state index in [-0.39, 0.29) is 5.91 Å². The van der Waals surface area contributed by atoms with E-state index < -0.39 is 0 Å². The lowest BCUT2D eigenvalue weighted by Crippen LogP contribution is -2.27. The van der Waals surface area contributed by atoms with Gasteiger partial charge >= 0.3 is 0 Å². The van der Waals surface area contributed by atoms with Crippen molar-refractivity contribution in [3.8, 4) is 17.2 Å². The van der Waals surface area contributed by atoms with Gasteiger partial charge in [-0.1, -0.05) is 54.6 Å². The maximum absolute atomic E-state index is 12.5. The molecule has 176 valence electrons. The Kier molecular flexibility index (Phi) is 9.47. The minimum absolute atomic E-state index is 0.0914. The first-order valence-corrected chi connectivity index (χ1v) is 12.6. The number of hydrogen-bond donors (Lipinski definition) is 0. The Labute approximate surface area is 210 Å². The maximum Gasteiger partial charge on any atom is 0.266 e. The molecule has 0 N–H and O–H groups in total. The molecule has 1 heterocycles. The van der Waals surface area contributed by atoms with Crippen molar-refractivity contribution >= 4 is 51.9 Å². The van der Waals surface area contributed by atoms with Crippen LogP contribution >= 0.6 is 35.6 Å². The molecule has 0 spiro atoms. The number of carbonyl (C=O) groups excluding carboxylic acids is 1. The van der Waals surface area contributed by atoms with E-state index in [0.717, 1.165) is 17.7 Å². The van der Waals surface area contributed by atoms with Crippen molar-refractivity contribution in [3.05, 3.63) is 57.5 Å². The Balaban J connectivity index is 1.63. The molecule has 1 saturated heterocycles. The van der Waals surface area contributed by atoms with Crippen LogP contribution in [-0.4, -0.2) is 41.5 Å². The zero-order valence-electron chi connectivity index (χ0n) is 19.1. The molecule has 1 aliphatic rings. The molecule has 1 fully saturated rings. The van der Waals surface area contributed by atoms with Crippen LogP contribution < -0.4 is 14.2 Å². The third kappa shape index (κ3) is 6.65. The Morgan fingerprint density at radius 3 is 2.42 bits per heavy atom.